The van der Waals surface area contributed by atoms with E-state index in [1.54, 1.807) is 6.07 Å². The Bertz CT molecular complexity index is 751. The van der Waals surface area contributed by atoms with Crippen molar-refractivity contribution in [2.24, 2.45) is 0 Å². The largest absolute Gasteiger partial charge is 0.294 e. The molecule has 24 heavy (non-hydrogen) atoms. The first kappa shape index (κ1) is 18.9. The molecule has 0 spiro atoms. The summed E-state index contributed by atoms with van der Waals surface area (Å²) < 4.78 is 31.5. The van der Waals surface area contributed by atoms with Gasteiger partial charge in [-0.1, -0.05) is 76.1 Å². The molecule has 3 nitrogen and oxygen atoms in total. The molecule has 0 aromatic heterocycles. The fraction of sp³-hybridized carbons (Fsp3) is 0.500. The van der Waals surface area contributed by atoms with Gasteiger partial charge in [0.1, 0.15) is 0 Å². The third-order valence-corrected chi connectivity index (χ3v) is 5.34. The minimum Gasteiger partial charge on any atom is -0.282 e. The molecule has 0 atom stereocenters. The van der Waals surface area contributed by atoms with Gasteiger partial charge < -0.3 is 0 Å². The number of unbranched alkanes of at least 4 members (excludes halogenated alkanes) is 7. The van der Waals surface area contributed by atoms with Crippen LogP contribution in [0.2, 0.25) is 0 Å². The third-order valence-electron chi connectivity index (χ3n) is 4.49. The lowest BCUT2D eigenvalue weighted by Crippen LogP contribution is -1.97. The Hall–Kier alpha value is -1.39. The van der Waals surface area contributed by atoms with Crippen molar-refractivity contribution in [3.8, 4) is 0 Å². The van der Waals surface area contributed by atoms with Crippen molar-refractivity contribution in [2.45, 2.75) is 69.6 Å². The molecule has 132 valence electrons. The Balaban J connectivity index is 1.83. The first-order valence-corrected chi connectivity index (χ1v) is 10.4. The maximum absolute atomic E-state index is 11.2. The van der Waals surface area contributed by atoms with Gasteiger partial charge in [-0.15, -0.1) is 0 Å². The lowest BCUT2D eigenvalue weighted by atomic mass is 10.0. The molecule has 0 aliphatic heterocycles. The zero-order chi connectivity index (χ0) is 17.4. The normalized spacial score (nSPS) is 11.9. The minimum atomic E-state index is -4.13. The summed E-state index contributed by atoms with van der Waals surface area (Å²) in [6.07, 6.45) is 11.6. The number of hydrogen-bond acceptors (Lipinski definition) is 2. The topological polar surface area (TPSA) is 54.4 Å². The van der Waals surface area contributed by atoms with Crippen molar-refractivity contribution in [1.29, 1.82) is 0 Å². The molecule has 2 aromatic carbocycles. The van der Waals surface area contributed by atoms with Crippen LogP contribution in [0.4, 0.5) is 0 Å². The highest BCUT2D eigenvalue weighted by molar-refractivity contribution is 7.85. The standard InChI is InChI=1S/C20H28O3S/c1-2-3-4-5-6-7-8-9-10-17-11-12-19-16-20(24(21,22)23)14-13-18(19)15-17/h11-16H,2-10H2,1H3,(H,21,22,23). The number of rotatable bonds is 10. The van der Waals surface area contributed by atoms with Crippen molar-refractivity contribution < 1.29 is 13.0 Å². The maximum Gasteiger partial charge on any atom is 0.294 e. The minimum absolute atomic E-state index is 0.0502. The van der Waals surface area contributed by atoms with Gasteiger partial charge in [-0.05, 0) is 41.3 Å². The van der Waals surface area contributed by atoms with Crippen LogP contribution in [0.5, 0.6) is 0 Å². The van der Waals surface area contributed by atoms with E-state index in [9.17, 15) is 8.42 Å². The molecular formula is C20H28O3S. The second-order valence-electron chi connectivity index (χ2n) is 6.54. The van der Waals surface area contributed by atoms with Crippen LogP contribution < -0.4 is 0 Å². The van der Waals surface area contributed by atoms with E-state index in [2.05, 4.69) is 19.1 Å². The molecule has 0 fully saturated rings. The first-order chi connectivity index (χ1) is 11.5. The second kappa shape index (κ2) is 9.19. The number of benzene rings is 2. The highest BCUT2D eigenvalue weighted by Crippen LogP contribution is 2.21. The maximum atomic E-state index is 11.2. The average Bonchev–Trinajstić information content (AvgIpc) is 2.56. The molecule has 2 aromatic rings. The van der Waals surface area contributed by atoms with E-state index >= 15 is 0 Å². The first-order valence-electron chi connectivity index (χ1n) is 9.01. The van der Waals surface area contributed by atoms with E-state index in [4.69, 9.17) is 4.55 Å². The average molecular weight is 349 g/mol. The number of hydrogen-bond donors (Lipinski definition) is 1. The lowest BCUT2D eigenvalue weighted by Gasteiger charge is -2.06. The van der Waals surface area contributed by atoms with Crippen molar-refractivity contribution in [3.63, 3.8) is 0 Å². The van der Waals surface area contributed by atoms with E-state index in [0.29, 0.717) is 0 Å². The van der Waals surface area contributed by atoms with Crippen molar-refractivity contribution in [2.75, 3.05) is 0 Å². The van der Waals surface area contributed by atoms with E-state index < -0.39 is 10.1 Å². The quantitative estimate of drug-likeness (QED) is 0.438. The molecular weight excluding hydrogens is 320 g/mol. The summed E-state index contributed by atoms with van der Waals surface area (Å²) >= 11 is 0. The summed E-state index contributed by atoms with van der Waals surface area (Å²) in [6, 6.07) is 10.8. The van der Waals surface area contributed by atoms with Gasteiger partial charge in [0.15, 0.2) is 0 Å². The van der Waals surface area contributed by atoms with Gasteiger partial charge >= 0.3 is 0 Å². The van der Waals surface area contributed by atoms with Crippen LogP contribution in [-0.2, 0) is 16.5 Å². The molecule has 0 saturated heterocycles. The highest BCUT2D eigenvalue weighted by atomic mass is 32.2. The van der Waals surface area contributed by atoms with Crippen LogP contribution in [0.1, 0.15) is 63.9 Å². The van der Waals surface area contributed by atoms with E-state index in [0.717, 1.165) is 17.2 Å². The van der Waals surface area contributed by atoms with Crippen LogP contribution in [0.25, 0.3) is 10.8 Å². The summed E-state index contributed by atoms with van der Waals surface area (Å²) in [4.78, 5) is -0.0502. The van der Waals surface area contributed by atoms with Crippen molar-refractivity contribution in [3.05, 3.63) is 42.0 Å². The molecule has 2 rings (SSSR count). The fourth-order valence-corrected chi connectivity index (χ4v) is 3.57. The predicted octanol–water partition coefficient (Wildman–Crippen LogP) is 5.77. The van der Waals surface area contributed by atoms with E-state index in [1.807, 2.05) is 6.07 Å². The molecule has 0 aliphatic rings. The zero-order valence-electron chi connectivity index (χ0n) is 14.5. The van der Waals surface area contributed by atoms with Crippen LogP contribution in [0, 0.1) is 0 Å². The number of fused-ring (bicyclic) bond motifs is 1. The number of aryl methyl sites for hydroxylation is 1. The third kappa shape index (κ3) is 5.91. The SMILES string of the molecule is CCCCCCCCCCc1ccc2cc(S(=O)(=O)O)ccc2c1. The molecule has 0 aliphatic carbocycles. The fourth-order valence-electron chi connectivity index (χ4n) is 3.05. The Morgan fingerprint density at radius 3 is 2.04 bits per heavy atom. The molecule has 4 heteroatoms. The molecule has 0 heterocycles. The highest BCUT2D eigenvalue weighted by Gasteiger charge is 2.09. The van der Waals surface area contributed by atoms with E-state index in [1.165, 1.54) is 69.1 Å². The van der Waals surface area contributed by atoms with Gasteiger partial charge in [0.05, 0.1) is 4.90 Å². The molecule has 1 N–H and O–H groups in total. The van der Waals surface area contributed by atoms with Gasteiger partial charge in [-0.3, -0.25) is 4.55 Å². The summed E-state index contributed by atoms with van der Waals surface area (Å²) in [7, 11) is -4.13. The molecule has 0 saturated carbocycles. The summed E-state index contributed by atoms with van der Waals surface area (Å²) in [6.45, 7) is 2.24. The van der Waals surface area contributed by atoms with Gasteiger partial charge in [-0.25, -0.2) is 0 Å². The lowest BCUT2D eigenvalue weighted by molar-refractivity contribution is 0.483. The Kier molecular flexibility index (Phi) is 7.25. The Morgan fingerprint density at radius 1 is 0.792 bits per heavy atom. The van der Waals surface area contributed by atoms with Gasteiger partial charge in [0.2, 0.25) is 0 Å². The van der Waals surface area contributed by atoms with Gasteiger partial charge in [-0.2, -0.15) is 8.42 Å². The van der Waals surface area contributed by atoms with E-state index in [-0.39, 0.29) is 4.90 Å². The smallest absolute Gasteiger partial charge is 0.282 e. The summed E-state index contributed by atoms with van der Waals surface area (Å²) in [5.74, 6) is 0. The van der Waals surface area contributed by atoms with Gasteiger partial charge in [0.25, 0.3) is 10.1 Å². The van der Waals surface area contributed by atoms with Crippen LogP contribution in [0.3, 0.4) is 0 Å². The van der Waals surface area contributed by atoms with Gasteiger partial charge in [0, 0.05) is 0 Å². The molecule has 0 unspecified atom stereocenters. The van der Waals surface area contributed by atoms with Crippen LogP contribution in [-0.4, -0.2) is 13.0 Å². The summed E-state index contributed by atoms with van der Waals surface area (Å²) in [5.41, 5.74) is 1.29. The Morgan fingerprint density at radius 2 is 1.38 bits per heavy atom. The summed E-state index contributed by atoms with van der Waals surface area (Å²) in [5, 5.41) is 1.85. The van der Waals surface area contributed by atoms with Crippen LogP contribution >= 0.6 is 0 Å². The van der Waals surface area contributed by atoms with Crippen LogP contribution in [0.15, 0.2) is 41.3 Å². The molecule has 0 bridgehead atoms. The Labute approximate surface area is 145 Å². The monoisotopic (exact) mass is 348 g/mol. The second-order valence-corrected chi connectivity index (χ2v) is 7.96. The van der Waals surface area contributed by atoms with Crippen molar-refractivity contribution >= 4 is 20.9 Å². The molecule has 0 radical (unpaired) electrons. The molecule has 0 amide bonds. The predicted molar refractivity (Wildman–Crippen MR) is 100 cm³/mol. The zero-order valence-corrected chi connectivity index (χ0v) is 15.3. The van der Waals surface area contributed by atoms with Crippen molar-refractivity contribution in [1.82, 2.24) is 0 Å².